The Bertz CT molecular complexity index is 363. The van der Waals surface area contributed by atoms with Crippen LogP contribution < -0.4 is 5.32 Å². The fraction of sp³-hybridized carbons (Fsp3) is 0.583. The molecule has 17 heavy (non-hydrogen) atoms. The van der Waals surface area contributed by atoms with E-state index in [-0.39, 0.29) is 0 Å². The van der Waals surface area contributed by atoms with Crippen LogP contribution >= 0.6 is 33.9 Å². The maximum absolute atomic E-state index is 5.01. The summed E-state index contributed by atoms with van der Waals surface area (Å²) >= 11 is 4.02. The molecule has 0 saturated carbocycles. The molecule has 0 radical (unpaired) electrons. The van der Waals surface area contributed by atoms with Crippen LogP contribution in [-0.4, -0.2) is 31.8 Å². The molecular weight excluding hydrogens is 347 g/mol. The van der Waals surface area contributed by atoms with Gasteiger partial charge in [-0.25, -0.2) is 4.98 Å². The van der Waals surface area contributed by atoms with E-state index in [1.807, 2.05) is 6.20 Å². The standard InChI is InChI=1S/C12H19IN2OS/c1-9(2)10(7-14-4-5-16-3)6-12-15-8-11(13)17-12/h6,8-9,14H,4-5,7H2,1-3H3/b10-6-. The molecule has 96 valence electrons. The molecule has 1 heterocycles. The quantitative estimate of drug-likeness (QED) is 0.595. The van der Waals surface area contributed by atoms with E-state index < -0.39 is 0 Å². The van der Waals surface area contributed by atoms with Crippen molar-refractivity contribution < 1.29 is 4.74 Å². The summed E-state index contributed by atoms with van der Waals surface area (Å²) in [5.74, 6) is 0.534. The van der Waals surface area contributed by atoms with Crippen molar-refractivity contribution in [1.29, 1.82) is 0 Å². The van der Waals surface area contributed by atoms with Gasteiger partial charge in [-0.15, -0.1) is 11.3 Å². The monoisotopic (exact) mass is 366 g/mol. The van der Waals surface area contributed by atoms with Gasteiger partial charge in [-0.1, -0.05) is 19.4 Å². The van der Waals surface area contributed by atoms with E-state index in [0.717, 1.165) is 24.7 Å². The number of rotatable bonds is 7. The number of hydrogen-bond donors (Lipinski definition) is 1. The summed E-state index contributed by atoms with van der Waals surface area (Å²) in [6.07, 6.45) is 4.10. The number of ether oxygens (including phenoxy) is 1. The van der Waals surface area contributed by atoms with Crippen molar-refractivity contribution in [3.05, 3.63) is 19.7 Å². The van der Waals surface area contributed by atoms with Gasteiger partial charge in [0.25, 0.3) is 0 Å². The first-order valence-corrected chi connectivity index (χ1v) is 7.54. The van der Waals surface area contributed by atoms with Crippen LogP contribution in [0.1, 0.15) is 18.9 Å². The largest absolute Gasteiger partial charge is 0.383 e. The van der Waals surface area contributed by atoms with E-state index in [2.05, 4.69) is 52.8 Å². The molecular formula is C12H19IN2OS. The first-order valence-electron chi connectivity index (χ1n) is 5.65. The van der Waals surface area contributed by atoms with E-state index in [4.69, 9.17) is 4.74 Å². The highest BCUT2D eigenvalue weighted by Crippen LogP contribution is 2.20. The molecule has 0 aliphatic rings. The zero-order valence-electron chi connectivity index (χ0n) is 10.5. The SMILES string of the molecule is COCCNC/C(=C/c1ncc(I)s1)C(C)C. The summed E-state index contributed by atoms with van der Waals surface area (Å²) in [6.45, 7) is 6.96. The van der Waals surface area contributed by atoms with Crippen molar-refractivity contribution in [2.45, 2.75) is 13.8 Å². The molecule has 1 aromatic heterocycles. The number of hydrogen-bond acceptors (Lipinski definition) is 4. The fourth-order valence-corrected chi connectivity index (χ4v) is 2.76. The Morgan fingerprint density at radius 1 is 1.65 bits per heavy atom. The number of halogens is 1. The van der Waals surface area contributed by atoms with Gasteiger partial charge in [0.1, 0.15) is 5.01 Å². The van der Waals surface area contributed by atoms with Crippen molar-refractivity contribution in [2.24, 2.45) is 5.92 Å². The molecule has 0 spiro atoms. The van der Waals surface area contributed by atoms with Crippen LogP contribution in [0.15, 0.2) is 11.8 Å². The topological polar surface area (TPSA) is 34.1 Å². The van der Waals surface area contributed by atoms with Gasteiger partial charge >= 0.3 is 0 Å². The molecule has 0 saturated heterocycles. The van der Waals surface area contributed by atoms with Crippen LogP contribution in [-0.2, 0) is 4.74 Å². The summed E-state index contributed by atoms with van der Waals surface area (Å²) in [5, 5.41) is 4.47. The highest BCUT2D eigenvalue weighted by molar-refractivity contribution is 14.1. The lowest BCUT2D eigenvalue weighted by Crippen LogP contribution is -2.23. The number of nitrogens with one attached hydrogen (secondary N) is 1. The lowest BCUT2D eigenvalue weighted by Gasteiger charge is -2.12. The van der Waals surface area contributed by atoms with Crippen molar-refractivity contribution in [2.75, 3.05) is 26.8 Å². The Balaban J connectivity index is 2.56. The Labute approximate surface area is 121 Å². The van der Waals surface area contributed by atoms with Gasteiger partial charge in [-0.2, -0.15) is 0 Å². The van der Waals surface area contributed by atoms with Crippen molar-refractivity contribution in [3.63, 3.8) is 0 Å². The van der Waals surface area contributed by atoms with Crippen molar-refractivity contribution in [3.8, 4) is 0 Å². The molecule has 0 atom stereocenters. The summed E-state index contributed by atoms with van der Waals surface area (Å²) in [7, 11) is 1.72. The van der Waals surface area contributed by atoms with Crippen LogP contribution in [0, 0.1) is 8.80 Å². The minimum absolute atomic E-state index is 0.534. The molecule has 5 heteroatoms. The molecule has 0 unspecified atom stereocenters. The van der Waals surface area contributed by atoms with Crippen LogP contribution in [0.2, 0.25) is 0 Å². The second-order valence-corrected chi connectivity index (χ2v) is 7.00. The number of nitrogens with zero attached hydrogens (tertiary/aromatic N) is 1. The van der Waals surface area contributed by atoms with Crippen LogP contribution in [0.3, 0.4) is 0 Å². The maximum Gasteiger partial charge on any atom is 0.117 e. The lowest BCUT2D eigenvalue weighted by atomic mass is 10.0. The van der Waals surface area contributed by atoms with E-state index in [1.54, 1.807) is 18.4 Å². The second-order valence-electron chi connectivity index (χ2n) is 4.05. The zero-order valence-corrected chi connectivity index (χ0v) is 13.5. The first kappa shape index (κ1) is 15.1. The first-order chi connectivity index (χ1) is 8.13. The average Bonchev–Trinajstić information content (AvgIpc) is 2.68. The fourth-order valence-electron chi connectivity index (χ4n) is 1.32. The highest BCUT2D eigenvalue weighted by Gasteiger charge is 2.05. The van der Waals surface area contributed by atoms with Gasteiger partial charge in [0.15, 0.2) is 0 Å². The molecule has 0 amide bonds. The third-order valence-electron chi connectivity index (χ3n) is 2.36. The summed E-state index contributed by atoms with van der Waals surface area (Å²) < 4.78 is 6.24. The predicted octanol–water partition coefficient (Wildman–Crippen LogP) is 3.02. The summed E-state index contributed by atoms with van der Waals surface area (Å²) in [4.78, 5) is 4.36. The predicted molar refractivity (Wildman–Crippen MR) is 82.4 cm³/mol. The molecule has 1 aromatic rings. The Morgan fingerprint density at radius 2 is 2.41 bits per heavy atom. The summed E-state index contributed by atoms with van der Waals surface area (Å²) in [5.41, 5.74) is 1.38. The summed E-state index contributed by atoms with van der Waals surface area (Å²) in [6, 6.07) is 0. The minimum Gasteiger partial charge on any atom is -0.383 e. The van der Waals surface area contributed by atoms with Gasteiger partial charge in [0.2, 0.25) is 0 Å². The number of aromatic nitrogens is 1. The third kappa shape index (κ3) is 5.94. The third-order valence-corrected chi connectivity index (χ3v) is 4.03. The molecule has 0 bridgehead atoms. The van der Waals surface area contributed by atoms with E-state index in [1.165, 1.54) is 8.46 Å². The normalized spacial score (nSPS) is 12.4. The Hall–Kier alpha value is 0.0200. The smallest absolute Gasteiger partial charge is 0.117 e. The molecule has 1 rings (SSSR count). The van der Waals surface area contributed by atoms with Gasteiger partial charge in [0.05, 0.1) is 15.7 Å². The van der Waals surface area contributed by atoms with Gasteiger partial charge in [-0.3, -0.25) is 0 Å². The van der Waals surface area contributed by atoms with Gasteiger partial charge < -0.3 is 10.1 Å². The molecule has 3 nitrogen and oxygen atoms in total. The Morgan fingerprint density at radius 3 is 2.94 bits per heavy atom. The van der Waals surface area contributed by atoms with E-state index in [9.17, 15) is 0 Å². The maximum atomic E-state index is 5.01. The molecule has 1 N–H and O–H groups in total. The van der Waals surface area contributed by atoms with E-state index in [0.29, 0.717) is 5.92 Å². The number of methoxy groups -OCH3 is 1. The molecule has 0 fully saturated rings. The molecule has 0 aliphatic heterocycles. The van der Waals surface area contributed by atoms with Crippen molar-refractivity contribution in [1.82, 2.24) is 10.3 Å². The van der Waals surface area contributed by atoms with Crippen LogP contribution in [0.25, 0.3) is 6.08 Å². The van der Waals surface area contributed by atoms with Crippen LogP contribution in [0.4, 0.5) is 0 Å². The number of thiazole rings is 1. The van der Waals surface area contributed by atoms with Gasteiger partial charge in [0, 0.05) is 20.2 Å². The average molecular weight is 366 g/mol. The minimum atomic E-state index is 0.534. The van der Waals surface area contributed by atoms with Gasteiger partial charge in [-0.05, 0) is 34.6 Å². The second kappa shape index (κ2) is 8.18. The van der Waals surface area contributed by atoms with E-state index >= 15 is 0 Å². The van der Waals surface area contributed by atoms with Crippen LogP contribution in [0.5, 0.6) is 0 Å². The molecule has 0 aliphatic carbocycles. The Kier molecular flexibility index (Phi) is 7.26. The van der Waals surface area contributed by atoms with Crippen molar-refractivity contribution >= 4 is 40.0 Å². The zero-order chi connectivity index (χ0) is 12.7. The highest BCUT2D eigenvalue weighted by atomic mass is 127. The molecule has 0 aromatic carbocycles. The lowest BCUT2D eigenvalue weighted by molar-refractivity contribution is 0.200.